The molecular weight excluding hydrogens is 311 g/mol. The molecule has 100 valence electrons. The third kappa shape index (κ3) is 3.17. The Balaban J connectivity index is 2.13. The maximum Gasteiger partial charge on any atom is 0.148 e. The molecule has 0 fully saturated rings. The highest BCUT2D eigenvalue weighted by molar-refractivity contribution is 9.10. The van der Waals surface area contributed by atoms with Crippen LogP contribution in [0.15, 0.2) is 40.9 Å². The molecule has 0 bridgehead atoms. The smallest absolute Gasteiger partial charge is 0.148 e. The molecule has 5 heteroatoms. The highest BCUT2D eigenvalue weighted by atomic mass is 79.9. The number of halogens is 2. The van der Waals surface area contributed by atoms with E-state index in [1.54, 1.807) is 19.2 Å². The number of hydrogen-bond acceptors (Lipinski definition) is 3. The Labute approximate surface area is 119 Å². The van der Waals surface area contributed by atoms with Crippen LogP contribution in [0.5, 0.6) is 5.75 Å². The lowest BCUT2D eigenvalue weighted by Gasteiger charge is -2.11. The zero-order chi connectivity index (χ0) is 13.8. The van der Waals surface area contributed by atoms with Crippen LogP contribution in [0.25, 0.3) is 0 Å². The number of nitrogen functional groups attached to an aromatic ring is 1. The van der Waals surface area contributed by atoms with Gasteiger partial charge >= 0.3 is 0 Å². The van der Waals surface area contributed by atoms with Crippen LogP contribution in [0.3, 0.4) is 0 Å². The SMILES string of the molecule is COc1ccc(CNc2c(N)cccc2F)cc1Br. The zero-order valence-corrected chi connectivity index (χ0v) is 12.0. The fraction of sp³-hybridized carbons (Fsp3) is 0.143. The van der Waals surface area contributed by atoms with Crippen molar-refractivity contribution in [2.75, 3.05) is 18.2 Å². The van der Waals surface area contributed by atoms with Crippen LogP contribution in [0.1, 0.15) is 5.56 Å². The van der Waals surface area contributed by atoms with Gasteiger partial charge in [-0.25, -0.2) is 4.39 Å². The number of methoxy groups -OCH3 is 1. The van der Waals surface area contributed by atoms with Gasteiger partial charge in [0.2, 0.25) is 0 Å². The number of benzene rings is 2. The van der Waals surface area contributed by atoms with Crippen molar-refractivity contribution in [2.24, 2.45) is 0 Å². The maximum absolute atomic E-state index is 13.6. The van der Waals surface area contributed by atoms with Crippen LogP contribution >= 0.6 is 15.9 Å². The van der Waals surface area contributed by atoms with E-state index in [2.05, 4.69) is 21.2 Å². The fourth-order valence-electron chi connectivity index (χ4n) is 1.74. The highest BCUT2D eigenvalue weighted by Gasteiger charge is 2.06. The minimum Gasteiger partial charge on any atom is -0.496 e. The van der Waals surface area contributed by atoms with E-state index in [9.17, 15) is 4.39 Å². The van der Waals surface area contributed by atoms with Crippen molar-refractivity contribution in [1.82, 2.24) is 0 Å². The van der Waals surface area contributed by atoms with Gasteiger partial charge in [-0.1, -0.05) is 12.1 Å². The van der Waals surface area contributed by atoms with E-state index in [1.165, 1.54) is 6.07 Å². The molecular formula is C14H14BrFN2O. The average molecular weight is 325 g/mol. The Kier molecular flexibility index (Phi) is 4.27. The molecule has 0 aromatic heterocycles. The largest absolute Gasteiger partial charge is 0.496 e. The minimum absolute atomic E-state index is 0.328. The van der Waals surface area contributed by atoms with Crippen molar-refractivity contribution in [3.8, 4) is 5.75 Å². The monoisotopic (exact) mass is 324 g/mol. The lowest BCUT2D eigenvalue weighted by Crippen LogP contribution is -2.04. The van der Waals surface area contributed by atoms with E-state index in [-0.39, 0.29) is 5.82 Å². The number of hydrogen-bond donors (Lipinski definition) is 2. The second-order valence-corrected chi connectivity index (χ2v) is 4.88. The summed E-state index contributed by atoms with van der Waals surface area (Å²) in [5.41, 5.74) is 7.45. The van der Waals surface area contributed by atoms with Crippen molar-refractivity contribution in [3.63, 3.8) is 0 Å². The summed E-state index contributed by atoms with van der Waals surface area (Å²) in [6.07, 6.45) is 0. The van der Waals surface area contributed by atoms with Crippen molar-refractivity contribution in [1.29, 1.82) is 0 Å². The van der Waals surface area contributed by atoms with E-state index in [0.717, 1.165) is 15.8 Å². The van der Waals surface area contributed by atoms with Gasteiger partial charge in [-0.05, 0) is 45.8 Å². The molecule has 0 unspecified atom stereocenters. The topological polar surface area (TPSA) is 47.3 Å². The number of ether oxygens (including phenoxy) is 1. The summed E-state index contributed by atoms with van der Waals surface area (Å²) in [7, 11) is 1.61. The van der Waals surface area contributed by atoms with Crippen LogP contribution in [0.4, 0.5) is 15.8 Å². The Morgan fingerprint density at radius 2 is 2.11 bits per heavy atom. The van der Waals surface area contributed by atoms with Crippen LogP contribution in [-0.4, -0.2) is 7.11 Å². The molecule has 2 aromatic carbocycles. The summed E-state index contributed by atoms with van der Waals surface area (Å²) in [4.78, 5) is 0. The molecule has 0 atom stereocenters. The Morgan fingerprint density at radius 3 is 2.74 bits per heavy atom. The molecule has 0 radical (unpaired) electrons. The van der Waals surface area contributed by atoms with Crippen molar-refractivity contribution in [3.05, 3.63) is 52.3 Å². The van der Waals surface area contributed by atoms with Gasteiger partial charge in [-0.15, -0.1) is 0 Å². The number of nitrogens with one attached hydrogen (secondary N) is 1. The van der Waals surface area contributed by atoms with Crippen LogP contribution in [-0.2, 0) is 6.54 Å². The Bertz CT molecular complexity index is 569. The maximum atomic E-state index is 13.6. The van der Waals surface area contributed by atoms with Crippen LogP contribution in [0.2, 0.25) is 0 Å². The van der Waals surface area contributed by atoms with Gasteiger partial charge in [0.05, 0.1) is 23.0 Å². The van der Waals surface area contributed by atoms with Crippen molar-refractivity contribution < 1.29 is 9.13 Å². The van der Waals surface area contributed by atoms with Gasteiger partial charge in [0.1, 0.15) is 11.6 Å². The summed E-state index contributed by atoms with van der Waals surface area (Å²) < 4.78 is 19.6. The molecule has 19 heavy (non-hydrogen) atoms. The van der Waals surface area contributed by atoms with E-state index in [0.29, 0.717) is 17.9 Å². The van der Waals surface area contributed by atoms with Crippen molar-refractivity contribution in [2.45, 2.75) is 6.54 Å². The summed E-state index contributed by atoms with van der Waals surface area (Å²) in [5, 5.41) is 3.00. The molecule has 0 saturated heterocycles. The van der Waals surface area contributed by atoms with Crippen LogP contribution in [0, 0.1) is 5.82 Å². The predicted octanol–water partition coefficient (Wildman–Crippen LogP) is 3.79. The number of anilines is 2. The summed E-state index contributed by atoms with van der Waals surface area (Å²) in [6.45, 7) is 0.480. The van der Waals surface area contributed by atoms with Gasteiger partial charge in [0.25, 0.3) is 0 Å². The second kappa shape index (κ2) is 5.93. The second-order valence-electron chi connectivity index (χ2n) is 4.03. The molecule has 0 heterocycles. The molecule has 0 aliphatic rings. The molecule has 0 spiro atoms. The molecule has 2 aromatic rings. The molecule has 0 aliphatic carbocycles. The van der Waals surface area contributed by atoms with Crippen LogP contribution < -0.4 is 15.8 Å². The molecule has 0 amide bonds. The number of para-hydroxylation sites is 1. The standard InChI is InChI=1S/C14H14BrFN2O/c1-19-13-6-5-9(7-10(13)15)8-18-14-11(16)3-2-4-12(14)17/h2-7,18H,8,17H2,1H3. The summed E-state index contributed by atoms with van der Waals surface area (Å²) in [5.74, 6) is 0.404. The minimum atomic E-state index is -0.354. The summed E-state index contributed by atoms with van der Waals surface area (Å²) in [6, 6.07) is 10.3. The third-order valence-corrected chi connectivity index (χ3v) is 3.35. The highest BCUT2D eigenvalue weighted by Crippen LogP contribution is 2.27. The van der Waals surface area contributed by atoms with Gasteiger partial charge in [0.15, 0.2) is 0 Å². The fourth-order valence-corrected chi connectivity index (χ4v) is 2.33. The molecule has 2 rings (SSSR count). The first-order valence-electron chi connectivity index (χ1n) is 5.72. The number of nitrogens with two attached hydrogens (primary N) is 1. The first-order valence-corrected chi connectivity index (χ1v) is 6.51. The molecule has 3 nitrogen and oxygen atoms in total. The lowest BCUT2D eigenvalue weighted by atomic mass is 10.2. The van der Waals surface area contributed by atoms with E-state index >= 15 is 0 Å². The van der Waals surface area contributed by atoms with Gasteiger partial charge in [-0.3, -0.25) is 0 Å². The van der Waals surface area contributed by atoms with Gasteiger partial charge in [0, 0.05) is 6.54 Å². The zero-order valence-electron chi connectivity index (χ0n) is 10.4. The van der Waals surface area contributed by atoms with Crippen molar-refractivity contribution >= 4 is 27.3 Å². The Hall–Kier alpha value is -1.75. The van der Waals surface area contributed by atoms with E-state index in [4.69, 9.17) is 10.5 Å². The summed E-state index contributed by atoms with van der Waals surface area (Å²) >= 11 is 3.41. The normalized spacial score (nSPS) is 10.3. The molecule has 0 saturated carbocycles. The Morgan fingerprint density at radius 1 is 1.32 bits per heavy atom. The van der Waals surface area contributed by atoms with Gasteiger partial charge in [-0.2, -0.15) is 0 Å². The third-order valence-electron chi connectivity index (χ3n) is 2.73. The number of rotatable bonds is 4. The lowest BCUT2D eigenvalue weighted by molar-refractivity contribution is 0.412. The predicted molar refractivity (Wildman–Crippen MR) is 78.8 cm³/mol. The quantitative estimate of drug-likeness (QED) is 0.841. The van der Waals surface area contributed by atoms with Gasteiger partial charge < -0.3 is 15.8 Å². The first-order chi connectivity index (χ1) is 9.11. The van der Waals surface area contributed by atoms with E-state index < -0.39 is 0 Å². The average Bonchev–Trinajstić information content (AvgIpc) is 2.38. The first kappa shape index (κ1) is 13.7. The van der Waals surface area contributed by atoms with E-state index in [1.807, 2.05) is 18.2 Å². The molecule has 3 N–H and O–H groups in total. The molecule has 0 aliphatic heterocycles.